The van der Waals surface area contributed by atoms with Gasteiger partial charge < -0.3 is 21.1 Å². The van der Waals surface area contributed by atoms with Crippen LogP contribution in [0.15, 0.2) is 17.5 Å². The molecular formula is C15H23N3O3S. The van der Waals surface area contributed by atoms with Crippen molar-refractivity contribution in [3.63, 3.8) is 0 Å². The number of amides is 2. The molecule has 0 bridgehead atoms. The van der Waals surface area contributed by atoms with Crippen molar-refractivity contribution in [2.24, 2.45) is 11.7 Å². The Morgan fingerprint density at radius 2 is 2.05 bits per heavy atom. The monoisotopic (exact) mass is 325 g/mol. The third kappa shape index (κ3) is 5.08. The molecule has 1 aliphatic rings. The number of hydrogen-bond donors (Lipinski definition) is 3. The minimum atomic E-state index is -0.468. The van der Waals surface area contributed by atoms with Crippen molar-refractivity contribution in [2.45, 2.75) is 25.3 Å². The van der Waals surface area contributed by atoms with Gasteiger partial charge in [-0.2, -0.15) is 0 Å². The molecule has 1 fully saturated rings. The number of hydrogen-bond acceptors (Lipinski definition) is 5. The van der Waals surface area contributed by atoms with Crippen molar-refractivity contribution in [1.29, 1.82) is 0 Å². The molecule has 1 unspecified atom stereocenters. The second-order valence-electron chi connectivity index (χ2n) is 5.35. The van der Waals surface area contributed by atoms with E-state index in [9.17, 15) is 9.59 Å². The van der Waals surface area contributed by atoms with Gasteiger partial charge in [-0.15, -0.1) is 11.3 Å². The fourth-order valence-electron chi connectivity index (χ4n) is 2.40. The van der Waals surface area contributed by atoms with Crippen LogP contribution in [0.2, 0.25) is 0 Å². The van der Waals surface area contributed by atoms with Gasteiger partial charge in [0.25, 0.3) is 5.91 Å². The highest BCUT2D eigenvalue weighted by Crippen LogP contribution is 2.17. The highest BCUT2D eigenvalue weighted by Gasteiger charge is 2.26. The van der Waals surface area contributed by atoms with Crippen LogP contribution in [0.3, 0.4) is 0 Å². The zero-order chi connectivity index (χ0) is 15.8. The van der Waals surface area contributed by atoms with Crippen molar-refractivity contribution >= 4 is 23.2 Å². The first-order valence-corrected chi connectivity index (χ1v) is 8.49. The lowest BCUT2D eigenvalue weighted by Crippen LogP contribution is -2.47. The fourth-order valence-corrected chi connectivity index (χ4v) is 3.04. The van der Waals surface area contributed by atoms with Crippen LogP contribution < -0.4 is 16.4 Å². The molecule has 6 nitrogen and oxygen atoms in total. The highest BCUT2D eigenvalue weighted by molar-refractivity contribution is 7.12. The lowest BCUT2D eigenvalue weighted by molar-refractivity contribution is -0.124. The molecule has 0 radical (unpaired) electrons. The molecule has 0 aliphatic carbocycles. The van der Waals surface area contributed by atoms with Crippen LogP contribution >= 0.6 is 11.3 Å². The maximum absolute atomic E-state index is 12.0. The van der Waals surface area contributed by atoms with Gasteiger partial charge in [0.05, 0.1) is 10.9 Å². The van der Waals surface area contributed by atoms with Crippen LogP contribution in [0.5, 0.6) is 0 Å². The molecule has 0 spiro atoms. The van der Waals surface area contributed by atoms with E-state index in [-0.39, 0.29) is 17.7 Å². The third-order valence-electron chi connectivity index (χ3n) is 3.76. The maximum Gasteiger partial charge on any atom is 0.261 e. The number of nitrogens with one attached hydrogen (secondary N) is 2. The topological polar surface area (TPSA) is 93.5 Å². The van der Waals surface area contributed by atoms with Gasteiger partial charge in [0.1, 0.15) is 0 Å². The number of carbonyl (C=O) groups excluding carboxylic acids is 2. The Labute approximate surface area is 134 Å². The summed E-state index contributed by atoms with van der Waals surface area (Å²) in [5.41, 5.74) is 5.98. The van der Waals surface area contributed by atoms with Crippen LogP contribution in [0.4, 0.5) is 0 Å². The first-order valence-electron chi connectivity index (χ1n) is 7.61. The van der Waals surface area contributed by atoms with E-state index in [4.69, 9.17) is 10.5 Å². The van der Waals surface area contributed by atoms with Gasteiger partial charge >= 0.3 is 0 Å². The average molecular weight is 325 g/mol. The second kappa shape index (κ2) is 8.87. The average Bonchev–Trinajstić information content (AvgIpc) is 3.09. The summed E-state index contributed by atoms with van der Waals surface area (Å²) in [5, 5.41) is 7.53. The predicted molar refractivity (Wildman–Crippen MR) is 85.8 cm³/mol. The van der Waals surface area contributed by atoms with E-state index in [1.54, 1.807) is 6.07 Å². The molecule has 0 saturated carbocycles. The van der Waals surface area contributed by atoms with Gasteiger partial charge in [0, 0.05) is 26.3 Å². The van der Waals surface area contributed by atoms with Crippen molar-refractivity contribution < 1.29 is 14.3 Å². The number of carbonyl (C=O) groups is 2. The fraction of sp³-hybridized carbons (Fsp3) is 0.600. The molecule has 1 aromatic rings. The quantitative estimate of drug-likeness (QED) is 0.645. The summed E-state index contributed by atoms with van der Waals surface area (Å²) < 4.78 is 5.27. The summed E-state index contributed by atoms with van der Waals surface area (Å²) >= 11 is 1.41. The molecule has 2 amide bonds. The minimum absolute atomic E-state index is 0.0692. The normalized spacial score (nSPS) is 17.0. The number of nitrogens with two attached hydrogens (primary N) is 1. The zero-order valence-corrected chi connectivity index (χ0v) is 13.4. The molecule has 1 aromatic heterocycles. The van der Waals surface area contributed by atoms with Crippen molar-refractivity contribution in [3.05, 3.63) is 22.4 Å². The van der Waals surface area contributed by atoms with E-state index in [2.05, 4.69) is 10.6 Å². The molecule has 1 atom stereocenters. The molecular weight excluding hydrogens is 302 g/mol. The minimum Gasteiger partial charge on any atom is -0.381 e. The van der Waals surface area contributed by atoms with Crippen LogP contribution in [-0.4, -0.2) is 44.2 Å². The maximum atomic E-state index is 12.0. The number of ether oxygens (including phenoxy) is 1. The Kier molecular flexibility index (Phi) is 6.82. The van der Waals surface area contributed by atoms with E-state index in [0.717, 1.165) is 12.8 Å². The number of rotatable bonds is 7. The summed E-state index contributed by atoms with van der Waals surface area (Å²) in [5.74, 6) is 0.0176. The van der Waals surface area contributed by atoms with Gasteiger partial charge in [0.2, 0.25) is 5.91 Å². The lowest BCUT2D eigenvalue weighted by atomic mass is 9.92. The zero-order valence-electron chi connectivity index (χ0n) is 12.5. The third-order valence-corrected chi connectivity index (χ3v) is 4.63. The van der Waals surface area contributed by atoms with Gasteiger partial charge in [-0.3, -0.25) is 9.59 Å². The summed E-state index contributed by atoms with van der Waals surface area (Å²) in [6, 6.07) is 3.16. The number of thiophene rings is 1. The van der Waals surface area contributed by atoms with Crippen LogP contribution in [0.1, 0.15) is 28.9 Å². The summed E-state index contributed by atoms with van der Waals surface area (Å²) in [4.78, 5) is 24.4. The Bertz CT molecular complexity index is 472. The van der Waals surface area contributed by atoms with Crippen molar-refractivity contribution in [1.82, 2.24) is 10.6 Å². The van der Waals surface area contributed by atoms with Crippen molar-refractivity contribution in [2.75, 3.05) is 26.3 Å². The standard InChI is InChI=1S/C15H23N3O3S/c16-13(11-4-8-21-9-5-11)15(20)18-7-2-6-17-14(19)12-3-1-10-22-12/h1,3,10-11,13H,2,4-9,16H2,(H,17,19)(H,18,20). The Morgan fingerprint density at radius 3 is 2.73 bits per heavy atom. The van der Waals surface area contributed by atoms with E-state index in [0.29, 0.717) is 37.6 Å². The molecule has 22 heavy (non-hydrogen) atoms. The SMILES string of the molecule is NC(C(=O)NCCCNC(=O)c1cccs1)C1CCOCC1. The molecule has 1 saturated heterocycles. The largest absolute Gasteiger partial charge is 0.381 e. The Hall–Kier alpha value is -1.44. The van der Waals surface area contributed by atoms with Crippen LogP contribution in [0, 0.1) is 5.92 Å². The second-order valence-corrected chi connectivity index (χ2v) is 6.30. The summed E-state index contributed by atoms with van der Waals surface area (Å²) in [7, 11) is 0. The molecule has 2 rings (SSSR count). The molecule has 4 N–H and O–H groups in total. The first kappa shape index (κ1) is 16.9. The Balaban J connectivity index is 1.57. The van der Waals surface area contributed by atoms with E-state index in [1.165, 1.54) is 11.3 Å². The van der Waals surface area contributed by atoms with Crippen LogP contribution in [0.25, 0.3) is 0 Å². The molecule has 0 aromatic carbocycles. The molecule has 1 aliphatic heterocycles. The Morgan fingerprint density at radius 1 is 1.32 bits per heavy atom. The summed E-state index contributed by atoms with van der Waals surface area (Å²) in [6.07, 6.45) is 2.36. The van der Waals surface area contributed by atoms with E-state index >= 15 is 0 Å². The van der Waals surface area contributed by atoms with Crippen LogP contribution in [-0.2, 0) is 9.53 Å². The van der Waals surface area contributed by atoms with Gasteiger partial charge in [0.15, 0.2) is 0 Å². The van der Waals surface area contributed by atoms with E-state index in [1.807, 2.05) is 11.4 Å². The molecule has 122 valence electrons. The van der Waals surface area contributed by atoms with E-state index < -0.39 is 6.04 Å². The van der Waals surface area contributed by atoms with Gasteiger partial charge in [-0.25, -0.2) is 0 Å². The first-order chi connectivity index (χ1) is 10.7. The summed E-state index contributed by atoms with van der Waals surface area (Å²) in [6.45, 7) is 2.41. The molecule has 2 heterocycles. The highest BCUT2D eigenvalue weighted by atomic mass is 32.1. The molecule has 7 heteroatoms. The lowest BCUT2D eigenvalue weighted by Gasteiger charge is -2.26. The van der Waals surface area contributed by atoms with Gasteiger partial charge in [-0.05, 0) is 36.6 Å². The van der Waals surface area contributed by atoms with Crippen molar-refractivity contribution in [3.8, 4) is 0 Å². The van der Waals surface area contributed by atoms with Gasteiger partial charge in [-0.1, -0.05) is 6.07 Å². The smallest absolute Gasteiger partial charge is 0.261 e. The predicted octanol–water partition coefficient (Wildman–Crippen LogP) is 0.738.